The molecule has 0 amide bonds. The first-order valence-corrected chi connectivity index (χ1v) is 12.6. The van der Waals surface area contributed by atoms with Gasteiger partial charge in [-0.05, 0) is 60.7 Å². The molecule has 2 atom stereocenters. The van der Waals surface area contributed by atoms with Crippen molar-refractivity contribution in [3.8, 4) is 0 Å². The van der Waals surface area contributed by atoms with E-state index in [4.69, 9.17) is 0 Å². The number of hydrogen-bond acceptors (Lipinski definition) is 5. The van der Waals surface area contributed by atoms with E-state index >= 15 is 0 Å². The van der Waals surface area contributed by atoms with Crippen LogP contribution in [-0.4, -0.2) is 44.7 Å². The second kappa shape index (κ2) is 8.70. The number of thiophene rings is 1. The number of aromatic nitrogens is 3. The molecule has 2 aromatic carbocycles. The van der Waals surface area contributed by atoms with Crippen LogP contribution in [0.5, 0.6) is 0 Å². The quantitative estimate of drug-likeness (QED) is 0.314. The number of pyridine rings is 1. The Morgan fingerprint density at radius 2 is 1.54 bits per heavy atom. The highest BCUT2D eigenvalue weighted by molar-refractivity contribution is 7.17. The summed E-state index contributed by atoms with van der Waals surface area (Å²) in [6.07, 6.45) is 1.76. The molecule has 1 aliphatic rings. The Morgan fingerprint density at radius 3 is 2.20 bits per heavy atom. The standard InChI is InChI=1S/C27H25F2N5S/c1-17-15-33(26(19-3-7-21(28)8-4-19)20-5-9-22(29)10-6-20)18(2)14-32(17)24-13-25-31-30-16-34(25)23-11-12-35-27(23)24/h3-13,16-18,26H,14-15H2,1-2H3/t17-,18+/m0/s1. The van der Waals surface area contributed by atoms with Gasteiger partial charge in [-0.25, -0.2) is 8.78 Å². The lowest BCUT2D eigenvalue weighted by Gasteiger charge is -2.48. The maximum absolute atomic E-state index is 13.7. The van der Waals surface area contributed by atoms with E-state index in [0.717, 1.165) is 35.4 Å². The highest BCUT2D eigenvalue weighted by Crippen LogP contribution is 2.38. The first-order chi connectivity index (χ1) is 17.0. The predicted molar refractivity (Wildman–Crippen MR) is 136 cm³/mol. The Morgan fingerprint density at radius 1 is 0.886 bits per heavy atom. The van der Waals surface area contributed by atoms with Crippen LogP contribution in [0.4, 0.5) is 14.5 Å². The van der Waals surface area contributed by atoms with Crippen LogP contribution in [0.2, 0.25) is 0 Å². The maximum atomic E-state index is 13.7. The van der Waals surface area contributed by atoms with E-state index in [1.54, 1.807) is 17.7 Å². The lowest BCUT2D eigenvalue weighted by atomic mass is 9.93. The molecule has 0 unspecified atom stereocenters. The molecule has 0 spiro atoms. The predicted octanol–water partition coefficient (Wildman–Crippen LogP) is 5.91. The maximum Gasteiger partial charge on any atom is 0.163 e. The lowest BCUT2D eigenvalue weighted by molar-refractivity contribution is 0.130. The van der Waals surface area contributed by atoms with Crippen LogP contribution in [0.15, 0.2) is 72.4 Å². The molecule has 0 saturated carbocycles. The number of nitrogens with zero attached hydrogens (tertiary/aromatic N) is 5. The van der Waals surface area contributed by atoms with Crippen LogP contribution in [0.3, 0.4) is 0 Å². The van der Waals surface area contributed by atoms with E-state index in [1.165, 1.54) is 34.7 Å². The second-order valence-electron chi connectivity index (χ2n) is 9.28. The smallest absolute Gasteiger partial charge is 0.163 e. The van der Waals surface area contributed by atoms with Crippen molar-refractivity contribution in [2.45, 2.75) is 32.0 Å². The van der Waals surface area contributed by atoms with Gasteiger partial charge in [-0.2, -0.15) is 0 Å². The van der Waals surface area contributed by atoms with Crippen LogP contribution in [0.1, 0.15) is 31.0 Å². The molecule has 0 bridgehead atoms. The molecule has 0 aliphatic carbocycles. The minimum absolute atomic E-state index is 0.100. The Balaban J connectivity index is 1.38. The van der Waals surface area contributed by atoms with Crippen molar-refractivity contribution < 1.29 is 8.78 Å². The molecule has 4 heterocycles. The number of fused-ring (bicyclic) bond motifs is 3. The van der Waals surface area contributed by atoms with E-state index in [0.29, 0.717) is 0 Å². The third kappa shape index (κ3) is 3.86. The third-order valence-corrected chi connectivity index (χ3v) is 7.95. The summed E-state index contributed by atoms with van der Waals surface area (Å²) >= 11 is 1.73. The van der Waals surface area contributed by atoms with Gasteiger partial charge in [0.25, 0.3) is 0 Å². The Bertz CT molecular complexity index is 1430. The molecule has 5 nitrogen and oxygen atoms in total. The lowest BCUT2D eigenvalue weighted by Crippen LogP contribution is -2.57. The number of halogens is 2. The molecule has 0 radical (unpaired) electrons. The van der Waals surface area contributed by atoms with Crippen molar-refractivity contribution in [1.82, 2.24) is 19.5 Å². The van der Waals surface area contributed by atoms with Gasteiger partial charge in [0.15, 0.2) is 5.65 Å². The molecule has 178 valence electrons. The summed E-state index contributed by atoms with van der Waals surface area (Å²) in [5, 5.41) is 10.5. The van der Waals surface area contributed by atoms with Crippen molar-refractivity contribution in [2.75, 3.05) is 18.0 Å². The van der Waals surface area contributed by atoms with Crippen molar-refractivity contribution >= 4 is 32.9 Å². The van der Waals surface area contributed by atoms with Gasteiger partial charge in [0.2, 0.25) is 0 Å². The summed E-state index contributed by atoms with van der Waals surface area (Å²) in [6.45, 7) is 6.07. The largest absolute Gasteiger partial charge is 0.365 e. The van der Waals surface area contributed by atoms with E-state index in [2.05, 4.69) is 51.4 Å². The average Bonchev–Trinajstić information content (AvgIpc) is 3.52. The van der Waals surface area contributed by atoms with Crippen LogP contribution in [0, 0.1) is 11.6 Å². The van der Waals surface area contributed by atoms with Gasteiger partial charge >= 0.3 is 0 Å². The summed E-state index contributed by atoms with van der Waals surface area (Å²) in [7, 11) is 0. The molecule has 3 aromatic heterocycles. The minimum Gasteiger partial charge on any atom is -0.365 e. The fraction of sp³-hybridized carbons (Fsp3) is 0.259. The fourth-order valence-corrected chi connectivity index (χ4v) is 6.24. The Hall–Kier alpha value is -3.36. The number of rotatable bonds is 4. The summed E-state index contributed by atoms with van der Waals surface area (Å²) < 4.78 is 30.7. The number of hydrogen-bond donors (Lipinski definition) is 0. The zero-order valence-electron chi connectivity index (χ0n) is 19.5. The van der Waals surface area contributed by atoms with Crippen molar-refractivity contribution in [2.24, 2.45) is 0 Å². The first-order valence-electron chi connectivity index (χ1n) is 11.7. The highest BCUT2D eigenvalue weighted by atomic mass is 32.1. The molecule has 35 heavy (non-hydrogen) atoms. The monoisotopic (exact) mass is 489 g/mol. The number of anilines is 1. The fourth-order valence-electron chi connectivity index (χ4n) is 5.33. The summed E-state index contributed by atoms with van der Waals surface area (Å²) in [5.74, 6) is -0.525. The molecule has 6 rings (SSSR count). The topological polar surface area (TPSA) is 36.7 Å². The zero-order valence-corrected chi connectivity index (χ0v) is 20.3. The van der Waals surface area contributed by atoms with Crippen molar-refractivity contribution in [3.63, 3.8) is 0 Å². The zero-order chi connectivity index (χ0) is 24.1. The normalized spacial score (nSPS) is 19.3. The van der Waals surface area contributed by atoms with E-state index < -0.39 is 0 Å². The van der Waals surface area contributed by atoms with Crippen LogP contribution in [-0.2, 0) is 0 Å². The summed E-state index contributed by atoms with van der Waals surface area (Å²) in [6, 6.07) is 17.9. The van der Waals surface area contributed by atoms with Crippen molar-refractivity contribution in [3.05, 3.63) is 95.1 Å². The van der Waals surface area contributed by atoms with Gasteiger partial charge in [0.05, 0.1) is 21.9 Å². The Labute approximate surface area is 206 Å². The molecule has 1 fully saturated rings. The Kier molecular flexibility index (Phi) is 5.50. The average molecular weight is 490 g/mol. The molecule has 1 aliphatic heterocycles. The molecule has 0 N–H and O–H groups in total. The van der Waals surface area contributed by atoms with Crippen LogP contribution >= 0.6 is 11.3 Å². The molecule has 5 aromatic rings. The minimum atomic E-state index is -0.262. The highest BCUT2D eigenvalue weighted by Gasteiger charge is 2.36. The first kappa shape index (κ1) is 22.1. The van der Waals surface area contributed by atoms with Gasteiger partial charge in [-0.3, -0.25) is 9.30 Å². The van der Waals surface area contributed by atoms with Crippen molar-refractivity contribution in [1.29, 1.82) is 0 Å². The second-order valence-corrected chi connectivity index (χ2v) is 10.2. The van der Waals surface area contributed by atoms with Gasteiger partial charge in [0, 0.05) is 31.2 Å². The number of benzene rings is 2. The molecule has 1 saturated heterocycles. The summed E-state index contributed by atoms with van der Waals surface area (Å²) in [4.78, 5) is 4.91. The van der Waals surface area contributed by atoms with Gasteiger partial charge in [-0.1, -0.05) is 24.3 Å². The molecular weight excluding hydrogens is 464 g/mol. The molecule has 8 heteroatoms. The van der Waals surface area contributed by atoms with E-state index in [1.807, 2.05) is 28.7 Å². The number of piperazine rings is 1. The van der Waals surface area contributed by atoms with E-state index in [-0.39, 0.29) is 29.8 Å². The van der Waals surface area contributed by atoms with Gasteiger partial charge in [0.1, 0.15) is 18.0 Å². The van der Waals surface area contributed by atoms with Gasteiger partial charge in [-0.15, -0.1) is 21.5 Å². The van der Waals surface area contributed by atoms with E-state index in [9.17, 15) is 8.78 Å². The summed E-state index contributed by atoms with van der Waals surface area (Å²) in [5.41, 5.74) is 5.12. The van der Waals surface area contributed by atoms with Crippen LogP contribution in [0.25, 0.3) is 15.9 Å². The SMILES string of the molecule is C[C@@H]1CN(c2cc3nncn3c3ccsc23)[C@@H](C)CN1C(c1ccc(F)cc1)c1ccc(F)cc1. The third-order valence-electron chi connectivity index (χ3n) is 7.02. The van der Waals surface area contributed by atoms with Gasteiger partial charge < -0.3 is 4.90 Å². The molecular formula is C27H25F2N5S. The van der Waals surface area contributed by atoms with Crippen LogP contribution < -0.4 is 4.90 Å².